The van der Waals surface area contributed by atoms with E-state index in [0.717, 1.165) is 32.4 Å². The lowest BCUT2D eigenvalue weighted by atomic mass is 9.88. The molecule has 0 radical (unpaired) electrons. The molecule has 3 nitrogen and oxygen atoms in total. The average Bonchev–Trinajstić information content (AvgIpc) is 2.14. The van der Waals surface area contributed by atoms with E-state index in [4.69, 9.17) is 5.73 Å². The Hall–Kier alpha value is -0.410. The van der Waals surface area contributed by atoms with Crippen LogP contribution in [0.15, 0.2) is 0 Å². The number of rotatable bonds is 4. The lowest BCUT2D eigenvalue weighted by molar-refractivity contribution is -0.124. The third-order valence-electron chi connectivity index (χ3n) is 3.19. The minimum atomic E-state index is -0.207. The van der Waals surface area contributed by atoms with Crippen LogP contribution in [0.2, 0.25) is 0 Å². The van der Waals surface area contributed by atoms with E-state index in [-0.39, 0.29) is 5.54 Å². The Kier molecular flexibility index (Phi) is 4.29. The van der Waals surface area contributed by atoms with Crippen LogP contribution in [0, 0.1) is 5.92 Å². The minimum Gasteiger partial charge on any atom is -0.326 e. The Morgan fingerprint density at radius 2 is 1.93 bits per heavy atom. The number of carbonyl (C=O) groups excluding carboxylic acids is 1. The summed E-state index contributed by atoms with van der Waals surface area (Å²) < 4.78 is 0. The molecule has 2 N–H and O–H groups in total. The van der Waals surface area contributed by atoms with Gasteiger partial charge in [-0.05, 0) is 53.2 Å². The fourth-order valence-corrected chi connectivity index (χ4v) is 1.98. The van der Waals surface area contributed by atoms with Crippen LogP contribution >= 0.6 is 0 Å². The molecule has 3 heteroatoms. The van der Waals surface area contributed by atoms with Crippen molar-refractivity contribution in [1.82, 2.24) is 4.90 Å². The van der Waals surface area contributed by atoms with Crippen LogP contribution in [0.3, 0.4) is 0 Å². The zero-order valence-corrected chi connectivity index (χ0v) is 10.3. The quantitative estimate of drug-likeness (QED) is 0.766. The van der Waals surface area contributed by atoms with Crippen molar-refractivity contribution in [1.29, 1.82) is 0 Å². The predicted molar refractivity (Wildman–Crippen MR) is 62.7 cm³/mol. The summed E-state index contributed by atoms with van der Waals surface area (Å²) in [5.74, 6) is 0.713. The van der Waals surface area contributed by atoms with E-state index in [9.17, 15) is 4.79 Å². The molecule has 1 saturated heterocycles. The third kappa shape index (κ3) is 4.76. The van der Waals surface area contributed by atoms with Crippen LogP contribution in [0.5, 0.6) is 0 Å². The lowest BCUT2D eigenvalue weighted by Crippen LogP contribution is -2.36. The Bertz CT molecular complexity index is 212. The first kappa shape index (κ1) is 12.7. The molecule has 88 valence electrons. The third-order valence-corrected chi connectivity index (χ3v) is 3.19. The van der Waals surface area contributed by atoms with E-state index in [0.29, 0.717) is 18.1 Å². The molecule has 0 spiro atoms. The number of nitrogens with two attached hydrogens (primary N) is 1. The molecule has 1 rings (SSSR count). The molecule has 0 saturated carbocycles. The molecular formula is C12H24N2O. The molecule has 0 aromatic heterocycles. The van der Waals surface area contributed by atoms with Gasteiger partial charge in [0.05, 0.1) is 0 Å². The highest BCUT2D eigenvalue weighted by Gasteiger charge is 2.24. The molecule has 1 fully saturated rings. The van der Waals surface area contributed by atoms with Gasteiger partial charge in [0.2, 0.25) is 0 Å². The van der Waals surface area contributed by atoms with Gasteiger partial charge in [0.1, 0.15) is 5.78 Å². The van der Waals surface area contributed by atoms with Crippen molar-refractivity contribution < 1.29 is 4.79 Å². The summed E-state index contributed by atoms with van der Waals surface area (Å²) in [6.07, 6.45) is 3.51. The highest BCUT2D eigenvalue weighted by atomic mass is 16.1. The van der Waals surface area contributed by atoms with Crippen LogP contribution in [0.25, 0.3) is 0 Å². The van der Waals surface area contributed by atoms with Gasteiger partial charge in [-0.25, -0.2) is 0 Å². The molecule has 0 aromatic rings. The van der Waals surface area contributed by atoms with Gasteiger partial charge in [0.25, 0.3) is 0 Å². The zero-order valence-electron chi connectivity index (χ0n) is 10.3. The first-order chi connectivity index (χ1) is 6.88. The highest BCUT2D eigenvalue weighted by Crippen LogP contribution is 2.20. The molecule has 0 aliphatic carbocycles. The van der Waals surface area contributed by atoms with Gasteiger partial charge in [0, 0.05) is 17.9 Å². The number of piperidine rings is 1. The van der Waals surface area contributed by atoms with Crippen molar-refractivity contribution in [2.24, 2.45) is 11.7 Å². The molecular weight excluding hydrogens is 188 g/mol. The summed E-state index contributed by atoms with van der Waals surface area (Å²) in [6.45, 7) is 6.08. The van der Waals surface area contributed by atoms with Crippen LogP contribution in [0.1, 0.15) is 39.5 Å². The van der Waals surface area contributed by atoms with E-state index in [1.165, 1.54) is 0 Å². The lowest BCUT2D eigenvalue weighted by Gasteiger charge is -2.28. The Morgan fingerprint density at radius 1 is 1.40 bits per heavy atom. The Balaban J connectivity index is 2.29. The van der Waals surface area contributed by atoms with E-state index < -0.39 is 0 Å². The molecule has 0 amide bonds. The van der Waals surface area contributed by atoms with Crippen molar-refractivity contribution >= 4 is 5.78 Å². The Labute approximate surface area is 93.0 Å². The molecule has 0 aromatic carbocycles. The first-order valence-electron chi connectivity index (χ1n) is 5.88. The average molecular weight is 212 g/mol. The van der Waals surface area contributed by atoms with Gasteiger partial charge in [-0.3, -0.25) is 4.79 Å². The maximum Gasteiger partial charge on any atom is 0.136 e. The highest BCUT2D eigenvalue weighted by molar-refractivity contribution is 5.81. The van der Waals surface area contributed by atoms with E-state index in [1.54, 1.807) is 0 Å². The van der Waals surface area contributed by atoms with E-state index >= 15 is 0 Å². The van der Waals surface area contributed by atoms with Crippen LogP contribution in [-0.2, 0) is 4.79 Å². The monoisotopic (exact) mass is 212 g/mol. The maximum absolute atomic E-state index is 11.9. The molecule has 0 bridgehead atoms. The summed E-state index contributed by atoms with van der Waals surface area (Å²) in [5.41, 5.74) is 5.67. The smallest absolute Gasteiger partial charge is 0.136 e. The largest absolute Gasteiger partial charge is 0.326 e. The number of Topliss-reactive ketones (excluding diaryl/α,β-unsaturated/α-hetero) is 1. The standard InChI is InChI=1S/C12H24N2O/c1-12(2,13)7-4-11(15)10-5-8-14(3)9-6-10/h10H,4-9,13H2,1-3H3. The summed E-state index contributed by atoms with van der Waals surface area (Å²) in [6, 6.07) is 0. The first-order valence-corrected chi connectivity index (χ1v) is 5.88. The maximum atomic E-state index is 11.9. The number of carbonyl (C=O) groups is 1. The van der Waals surface area contributed by atoms with Crippen LogP contribution in [-0.4, -0.2) is 36.4 Å². The normalized spacial score (nSPS) is 20.5. The molecule has 0 atom stereocenters. The van der Waals surface area contributed by atoms with Gasteiger partial charge in [-0.1, -0.05) is 0 Å². The summed E-state index contributed by atoms with van der Waals surface area (Å²) in [4.78, 5) is 14.2. The summed E-state index contributed by atoms with van der Waals surface area (Å²) >= 11 is 0. The molecule has 15 heavy (non-hydrogen) atoms. The van der Waals surface area contributed by atoms with E-state index in [1.807, 2.05) is 13.8 Å². The fourth-order valence-electron chi connectivity index (χ4n) is 1.98. The molecule has 1 heterocycles. The second-order valence-corrected chi connectivity index (χ2v) is 5.53. The minimum absolute atomic E-state index is 0.207. The van der Waals surface area contributed by atoms with Crippen molar-refractivity contribution in [3.05, 3.63) is 0 Å². The topological polar surface area (TPSA) is 46.3 Å². The van der Waals surface area contributed by atoms with Gasteiger partial charge in [-0.2, -0.15) is 0 Å². The molecule has 1 aliphatic heterocycles. The number of likely N-dealkylation sites (tertiary alicyclic amines) is 1. The van der Waals surface area contributed by atoms with Gasteiger partial charge in [0.15, 0.2) is 0 Å². The summed E-state index contributed by atoms with van der Waals surface area (Å²) in [7, 11) is 2.11. The van der Waals surface area contributed by atoms with Crippen molar-refractivity contribution in [3.8, 4) is 0 Å². The SMILES string of the molecule is CN1CCC(C(=O)CCC(C)(C)N)CC1. The van der Waals surface area contributed by atoms with Crippen molar-refractivity contribution in [2.45, 2.75) is 45.1 Å². The zero-order chi connectivity index (χ0) is 11.5. The number of hydrogen-bond acceptors (Lipinski definition) is 3. The van der Waals surface area contributed by atoms with Crippen molar-refractivity contribution in [3.63, 3.8) is 0 Å². The molecule has 0 unspecified atom stereocenters. The van der Waals surface area contributed by atoms with Crippen molar-refractivity contribution in [2.75, 3.05) is 20.1 Å². The Morgan fingerprint density at radius 3 is 2.40 bits per heavy atom. The second-order valence-electron chi connectivity index (χ2n) is 5.53. The van der Waals surface area contributed by atoms with Gasteiger partial charge in [-0.15, -0.1) is 0 Å². The number of ketones is 1. The molecule has 1 aliphatic rings. The predicted octanol–water partition coefficient (Wildman–Crippen LogP) is 1.41. The summed E-state index contributed by atoms with van der Waals surface area (Å²) in [5, 5.41) is 0. The van der Waals surface area contributed by atoms with Gasteiger partial charge < -0.3 is 10.6 Å². The van der Waals surface area contributed by atoms with Crippen LogP contribution < -0.4 is 5.73 Å². The second kappa shape index (κ2) is 5.08. The number of hydrogen-bond donors (Lipinski definition) is 1. The fraction of sp³-hybridized carbons (Fsp3) is 0.917. The van der Waals surface area contributed by atoms with Crippen LogP contribution in [0.4, 0.5) is 0 Å². The van der Waals surface area contributed by atoms with Gasteiger partial charge >= 0.3 is 0 Å². The number of nitrogens with zero attached hydrogens (tertiary/aromatic N) is 1. The van der Waals surface area contributed by atoms with E-state index in [2.05, 4.69) is 11.9 Å².